The minimum atomic E-state index is -2.83. The van der Waals surface area contributed by atoms with Crippen molar-refractivity contribution in [3.05, 3.63) is 0 Å². The highest BCUT2D eigenvalue weighted by Crippen LogP contribution is 2.34. The van der Waals surface area contributed by atoms with Crippen molar-refractivity contribution in [2.45, 2.75) is 19.3 Å². The summed E-state index contributed by atoms with van der Waals surface area (Å²) in [6.45, 7) is 1.44. The quantitative estimate of drug-likeness (QED) is 0.684. The summed E-state index contributed by atoms with van der Waals surface area (Å²) in [4.78, 5) is 0. The second-order valence-corrected chi connectivity index (χ2v) is 6.70. The van der Waals surface area contributed by atoms with Crippen molar-refractivity contribution < 1.29 is 13.2 Å². The second-order valence-electron chi connectivity index (χ2n) is 4.17. The summed E-state index contributed by atoms with van der Waals surface area (Å²) >= 11 is 5.89. The monoisotopic (exact) mass is 240 g/mol. The lowest BCUT2D eigenvalue weighted by atomic mass is 9.85. The Morgan fingerprint density at radius 1 is 1.50 bits per heavy atom. The van der Waals surface area contributed by atoms with E-state index in [4.69, 9.17) is 16.3 Å². The lowest BCUT2D eigenvalue weighted by Crippen LogP contribution is -2.24. The highest BCUT2D eigenvalue weighted by molar-refractivity contribution is 7.90. The Balaban J connectivity index is 2.35. The van der Waals surface area contributed by atoms with Crippen LogP contribution in [-0.2, 0) is 14.6 Å². The van der Waals surface area contributed by atoms with Gasteiger partial charge >= 0.3 is 0 Å². The van der Waals surface area contributed by atoms with Crippen LogP contribution < -0.4 is 0 Å². The van der Waals surface area contributed by atoms with Crippen molar-refractivity contribution in [2.75, 3.05) is 31.1 Å². The van der Waals surface area contributed by atoms with Gasteiger partial charge in [0.25, 0.3) is 0 Å². The summed E-state index contributed by atoms with van der Waals surface area (Å²) in [6, 6.07) is 0. The zero-order valence-corrected chi connectivity index (χ0v) is 10.0. The molecule has 1 aliphatic rings. The maximum Gasteiger partial charge on any atom is 0.147 e. The molecule has 3 nitrogen and oxygen atoms in total. The number of halogens is 1. The molecule has 0 aromatic carbocycles. The van der Waals surface area contributed by atoms with E-state index in [1.807, 2.05) is 0 Å². The van der Waals surface area contributed by atoms with Crippen LogP contribution >= 0.6 is 11.6 Å². The van der Waals surface area contributed by atoms with Crippen molar-refractivity contribution in [1.82, 2.24) is 0 Å². The predicted octanol–water partition coefficient (Wildman–Crippen LogP) is 1.46. The van der Waals surface area contributed by atoms with Crippen LogP contribution in [0.15, 0.2) is 0 Å². The Labute approximate surface area is 90.7 Å². The van der Waals surface area contributed by atoms with Crippen LogP contribution in [0, 0.1) is 5.41 Å². The van der Waals surface area contributed by atoms with Gasteiger partial charge in [0.1, 0.15) is 9.84 Å². The molecule has 1 atom stereocenters. The van der Waals surface area contributed by atoms with E-state index in [2.05, 4.69) is 0 Å². The molecule has 0 aromatic rings. The fourth-order valence-electron chi connectivity index (χ4n) is 1.73. The summed E-state index contributed by atoms with van der Waals surface area (Å²) < 4.78 is 27.2. The van der Waals surface area contributed by atoms with Crippen LogP contribution in [-0.4, -0.2) is 39.5 Å². The standard InChI is InChI=1S/C9H17ClO3S/c1-14(11,12)6-2-3-9(7-10)4-5-13-8-9/h2-8H2,1H3. The highest BCUT2D eigenvalue weighted by Gasteiger charge is 2.33. The van der Waals surface area contributed by atoms with Gasteiger partial charge in [-0.05, 0) is 19.3 Å². The summed E-state index contributed by atoms with van der Waals surface area (Å²) in [5, 5.41) is 0. The Bertz CT molecular complexity index is 268. The first-order chi connectivity index (χ1) is 6.47. The van der Waals surface area contributed by atoms with Gasteiger partial charge in [0, 0.05) is 29.9 Å². The zero-order valence-electron chi connectivity index (χ0n) is 8.46. The van der Waals surface area contributed by atoms with Crippen molar-refractivity contribution in [2.24, 2.45) is 5.41 Å². The average Bonchev–Trinajstić information content (AvgIpc) is 2.52. The van der Waals surface area contributed by atoms with Crippen LogP contribution in [0.5, 0.6) is 0 Å². The zero-order chi connectivity index (χ0) is 10.7. The molecule has 0 amide bonds. The highest BCUT2D eigenvalue weighted by atomic mass is 35.5. The van der Waals surface area contributed by atoms with E-state index in [0.717, 1.165) is 19.4 Å². The Kier molecular flexibility index (Phi) is 4.22. The third kappa shape index (κ3) is 3.75. The molecule has 0 radical (unpaired) electrons. The van der Waals surface area contributed by atoms with Gasteiger partial charge < -0.3 is 4.74 Å². The van der Waals surface area contributed by atoms with Gasteiger partial charge in [-0.2, -0.15) is 0 Å². The molecule has 1 fully saturated rings. The van der Waals surface area contributed by atoms with Gasteiger partial charge in [-0.1, -0.05) is 0 Å². The average molecular weight is 241 g/mol. The second kappa shape index (κ2) is 4.81. The lowest BCUT2D eigenvalue weighted by molar-refractivity contribution is 0.156. The van der Waals surface area contributed by atoms with E-state index < -0.39 is 9.84 Å². The maximum absolute atomic E-state index is 10.9. The van der Waals surface area contributed by atoms with Gasteiger partial charge in [0.05, 0.1) is 6.61 Å². The van der Waals surface area contributed by atoms with Gasteiger partial charge in [0.15, 0.2) is 0 Å². The van der Waals surface area contributed by atoms with E-state index in [-0.39, 0.29) is 11.2 Å². The van der Waals surface area contributed by atoms with Crippen LogP contribution in [0.3, 0.4) is 0 Å². The number of rotatable bonds is 5. The molecule has 84 valence electrons. The molecule has 0 N–H and O–H groups in total. The predicted molar refractivity (Wildman–Crippen MR) is 57.5 cm³/mol. The van der Waals surface area contributed by atoms with Crippen molar-refractivity contribution in [1.29, 1.82) is 0 Å². The van der Waals surface area contributed by atoms with E-state index in [9.17, 15) is 8.42 Å². The van der Waals surface area contributed by atoms with Gasteiger partial charge in [0.2, 0.25) is 0 Å². The van der Waals surface area contributed by atoms with Crippen LogP contribution in [0.4, 0.5) is 0 Å². The van der Waals surface area contributed by atoms with Gasteiger partial charge in [-0.15, -0.1) is 11.6 Å². The molecule has 1 heterocycles. The molecule has 1 aliphatic heterocycles. The third-order valence-corrected chi connectivity index (χ3v) is 4.29. The molecular weight excluding hydrogens is 224 g/mol. The van der Waals surface area contributed by atoms with Gasteiger partial charge in [-0.3, -0.25) is 0 Å². The Morgan fingerprint density at radius 2 is 2.21 bits per heavy atom. The van der Waals surface area contributed by atoms with E-state index in [1.165, 1.54) is 6.26 Å². The molecule has 0 aliphatic carbocycles. The number of alkyl halides is 1. The first kappa shape index (κ1) is 12.3. The molecule has 0 aromatic heterocycles. The van der Waals surface area contributed by atoms with Crippen LogP contribution in [0.1, 0.15) is 19.3 Å². The van der Waals surface area contributed by atoms with E-state index in [1.54, 1.807) is 0 Å². The fourth-order valence-corrected chi connectivity index (χ4v) is 2.74. The van der Waals surface area contributed by atoms with Crippen LogP contribution in [0.2, 0.25) is 0 Å². The molecule has 0 spiro atoms. The molecular formula is C9H17ClO3S. The molecule has 0 saturated carbocycles. The molecule has 14 heavy (non-hydrogen) atoms. The summed E-state index contributed by atoms with van der Waals surface area (Å²) in [7, 11) is -2.83. The molecule has 5 heteroatoms. The summed E-state index contributed by atoms with van der Waals surface area (Å²) in [6.07, 6.45) is 3.77. The van der Waals surface area contributed by atoms with Crippen molar-refractivity contribution in [3.8, 4) is 0 Å². The number of sulfone groups is 1. The van der Waals surface area contributed by atoms with Gasteiger partial charge in [-0.25, -0.2) is 8.42 Å². The number of hydrogen-bond acceptors (Lipinski definition) is 3. The number of ether oxygens (including phenoxy) is 1. The smallest absolute Gasteiger partial charge is 0.147 e. The Morgan fingerprint density at radius 3 is 2.64 bits per heavy atom. The van der Waals surface area contributed by atoms with E-state index >= 15 is 0 Å². The van der Waals surface area contributed by atoms with E-state index in [0.29, 0.717) is 18.9 Å². The minimum absolute atomic E-state index is 0.0340. The largest absolute Gasteiger partial charge is 0.381 e. The normalized spacial score (nSPS) is 28.1. The summed E-state index contributed by atoms with van der Waals surface area (Å²) in [5.41, 5.74) is 0.0340. The Hall–Kier alpha value is 0.200. The molecule has 1 saturated heterocycles. The third-order valence-electron chi connectivity index (χ3n) is 2.69. The summed E-state index contributed by atoms with van der Waals surface area (Å²) in [5.74, 6) is 0.822. The first-order valence-corrected chi connectivity index (χ1v) is 7.38. The lowest BCUT2D eigenvalue weighted by Gasteiger charge is -2.23. The molecule has 1 rings (SSSR count). The van der Waals surface area contributed by atoms with Crippen molar-refractivity contribution in [3.63, 3.8) is 0 Å². The minimum Gasteiger partial charge on any atom is -0.381 e. The number of hydrogen-bond donors (Lipinski definition) is 0. The fraction of sp³-hybridized carbons (Fsp3) is 1.00. The first-order valence-electron chi connectivity index (χ1n) is 4.79. The van der Waals surface area contributed by atoms with Crippen molar-refractivity contribution >= 4 is 21.4 Å². The topological polar surface area (TPSA) is 43.4 Å². The maximum atomic E-state index is 10.9. The SMILES string of the molecule is CS(=O)(=O)CCCC1(CCl)CCOC1. The molecule has 1 unspecified atom stereocenters. The van der Waals surface area contributed by atoms with Crippen LogP contribution in [0.25, 0.3) is 0 Å². The molecule has 0 bridgehead atoms.